The molecule has 2 heterocycles. The van der Waals surface area contributed by atoms with Crippen LogP contribution in [0.1, 0.15) is 12.0 Å². The van der Waals surface area contributed by atoms with Crippen LogP contribution in [0.25, 0.3) is 5.57 Å². The summed E-state index contributed by atoms with van der Waals surface area (Å²) >= 11 is 0. The zero-order chi connectivity index (χ0) is 13.2. The van der Waals surface area contributed by atoms with Gasteiger partial charge in [-0.15, -0.1) is 0 Å². The molecule has 19 heavy (non-hydrogen) atoms. The lowest BCUT2D eigenvalue weighted by Gasteiger charge is -2.17. The SMILES string of the molecule is O=C1OCCN1c1ccc(C2=CCOCC2)c(F)c1. The molecule has 1 fully saturated rings. The van der Waals surface area contributed by atoms with Gasteiger partial charge in [0.05, 0.1) is 25.4 Å². The molecule has 1 aromatic rings. The summed E-state index contributed by atoms with van der Waals surface area (Å²) in [5.74, 6) is -0.314. The molecular formula is C14H14FNO3. The quantitative estimate of drug-likeness (QED) is 0.823. The van der Waals surface area contributed by atoms with E-state index in [0.29, 0.717) is 44.0 Å². The lowest BCUT2D eigenvalue weighted by atomic mass is 10.0. The van der Waals surface area contributed by atoms with E-state index in [4.69, 9.17) is 9.47 Å². The van der Waals surface area contributed by atoms with Crippen LogP contribution in [0.5, 0.6) is 0 Å². The fourth-order valence-electron chi connectivity index (χ4n) is 2.33. The molecule has 0 spiro atoms. The van der Waals surface area contributed by atoms with Crippen LogP contribution in [0.4, 0.5) is 14.9 Å². The highest BCUT2D eigenvalue weighted by Gasteiger charge is 2.24. The topological polar surface area (TPSA) is 38.8 Å². The van der Waals surface area contributed by atoms with E-state index in [1.807, 2.05) is 6.08 Å². The lowest BCUT2D eigenvalue weighted by molar-refractivity contribution is 0.161. The molecule has 4 nitrogen and oxygen atoms in total. The summed E-state index contributed by atoms with van der Waals surface area (Å²) in [7, 11) is 0. The van der Waals surface area contributed by atoms with Crippen molar-refractivity contribution in [3.05, 3.63) is 35.7 Å². The molecule has 1 amide bonds. The van der Waals surface area contributed by atoms with Crippen molar-refractivity contribution < 1.29 is 18.7 Å². The maximum atomic E-state index is 14.2. The Labute approximate surface area is 110 Å². The molecule has 1 aromatic carbocycles. The van der Waals surface area contributed by atoms with Crippen LogP contribution in [-0.4, -0.2) is 32.5 Å². The van der Waals surface area contributed by atoms with Crippen molar-refractivity contribution in [1.82, 2.24) is 0 Å². The monoisotopic (exact) mass is 263 g/mol. The molecule has 1 saturated heterocycles. The van der Waals surface area contributed by atoms with Gasteiger partial charge in [0.2, 0.25) is 0 Å². The summed E-state index contributed by atoms with van der Waals surface area (Å²) < 4.78 is 24.2. The Kier molecular flexibility index (Phi) is 3.21. The van der Waals surface area contributed by atoms with Gasteiger partial charge in [-0.2, -0.15) is 0 Å². The minimum absolute atomic E-state index is 0.314. The van der Waals surface area contributed by atoms with Gasteiger partial charge in [-0.1, -0.05) is 6.08 Å². The molecule has 2 aliphatic heterocycles. The number of cyclic esters (lactones) is 1. The van der Waals surface area contributed by atoms with Gasteiger partial charge in [-0.3, -0.25) is 4.90 Å². The van der Waals surface area contributed by atoms with E-state index in [1.165, 1.54) is 11.0 Å². The van der Waals surface area contributed by atoms with E-state index >= 15 is 0 Å². The second-order valence-electron chi connectivity index (χ2n) is 4.48. The van der Waals surface area contributed by atoms with Gasteiger partial charge in [-0.25, -0.2) is 9.18 Å². The second kappa shape index (κ2) is 5.01. The predicted octanol–water partition coefficient (Wildman–Crippen LogP) is 2.59. The standard InChI is InChI=1S/C14H14FNO3/c15-13-9-11(16-5-8-19-14(16)17)1-2-12(13)10-3-6-18-7-4-10/h1-3,9H,4-8H2. The molecule has 100 valence electrons. The smallest absolute Gasteiger partial charge is 0.414 e. The molecule has 0 bridgehead atoms. The molecule has 0 aliphatic carbocycles. The third-order valence-electron chi connectivity index (χ3n) is 3.33. The molecule has 0 unspecified atom stereocenters. The van der Waals surface area contributed by atoms with E-state index < -0.39 is 6.09 Å². The number of carbonyl (C=O) groups excluding carboxylic acids is 1. The van der Waals surface area contributed by atoms with Gasteiger partial charge in [0, 0.05) is 5.56 Å². The lowest BCUT2D eigenvalue weighted by Crippen LogP contribution is -2.23. The number of amides is 1. The van der Waals surface area contributed by atoms with E-state index in [1.54, 1.807) is 12.1 Å². The first kappa shape index (κ1) is 12.2. The Morgan fingerprint density at radius 3 is 2.79 bits per heavy atom. The maximum absolute atomic E-state index is 14.2. The van der Waals surface area contributed by atoms with Crippen molar-refractivity contribution in [3.63, 3.8) is 0 Å². The van der Waals surface area contributed by atoms with Gasteiger partial charge in [0.15, 0.2) is 0 Å². The first-order valence-electron chi connectivity index (χ1n) is 6.27. The summed E-state index contributed by atoms with van der Waals surface area (Å²) in [6.45, 7) is 1.96. The summed E-state index contributed by atoms with van der Waals surface area (Å²) in [6.07, 6.45) is 2.19. The molecule has 3 rings (SSSR count). The summed E-state index contributed by atoms with van der Waals surface area (Å²) in [5.41, 5.74) is 2.08. The average molecular weight is 263 g/mol. The van der Waals surface area contributed by atoms with Gasteiger partial charge in [-0.05, 0) is 30.2 Å². The number of rotatable bonds is 2. The van der Waals surface area contributed by atoms with Crippen LogP contribution < -0.4 is 4.90 Å². The normalized spacial score (nSPS) is 19.3. The molecule has 0 radical (unpaired) electrons. The van der Waals surface area contributed by atoms with Crippen LogP contribution in [-0.2, 0) is 9.47 Å². The van der Waals surface area contributed by atoms with Crippen LogP contribution in [0, 0.1) is 5.82 Å². The van der Waals surface area contributed by atoms with Crippen LogP contribution in [0.15, 0.2) is 24.3 Å². The Morgan fingerprint density at radius 1 is 1.26 bits per heavy atom. The van der Waals surface area contributed by atoms with Crippen LogP contribution in [0.3, 0.4) is 0 Å². The highest BCUT2D eigenvalue weighted by molar-refractivity contribution is 5.89. The third-order valence-corrected chi connectivity index (χ3v) is 3.33. The van der Waals surface area contributed by atoms with E-state index in [9.17, 15) is 9.18 Å². The largest absolute Gasteiger partial charge is 0.447 e. The summed E-state index contributed by atoms with van der Waals surface area (Å²) in [6, 6.07) is 4.85. The highest BCUT2D eigenvalue weighted by Crippen LogP contribution is 2.28. The highest BCUT2D eigenvalue weighted by atomic mass is 19.1. The zero-order valence-electron chi connectivity index (χ0n) is 10.4. The van der Waals surface area contributed by atoms with Gasteiger partial charge < -0.3 is 9.47 Å². The summed E-state index contributed by atoms with van der Waals surface area (Å²) in [4.78, 5) is 12.9. The number of hydrogen-bond donors (Lipinski definition) is 0. The second-order valence-corrected chi connectivity index (χ2v) is 4.48. The maximum Gasteiger partial charge on any atom is 0.414 e. The van der Waals surface area contributed by atoms with Crippen molar-refractivity contribution >= 4 is 17.4 Å². The molecule has 0 N–H and O–H groups in total. The number of carbonyl (C=O) groups is 1. The Bertz CT molecular complexity index is 541. The Morgan fingerprint density at radius 2 is 2.16 bits per heavy atom. The number of anilines is 1. The van der Waals surface area contributed by atoms with Gasteiger partial charge >= 0.3 is 6.09 Å². The summed E-state index contributed by atoms with van der Waals surface area (Å²) in [5, 5.41) is 0. The predicted molar refractivity (Wildman–Crippen MR) is 68.5 cm³/mol. The van der Waals surface area contributed by atoms with Crippen molar-refractivity contribution in [2.24, 2.45) is 0 Å². The third kappa shape index (κ3) is 2.33. The zero-order valence-corrected chi connectivity index (χ0v) is 10.4. The first-order valence-corrected chi connectivity index (χ1v) is 6.27. The average Bonchev–Trinajstić information content (AvgIpc) is 2.86. The van der Waals surface area contributed by atoms with Gasteiger partial charge in [0.1, 0.15) is 12.4 Å². The number of hydrogen-bond acceptors (Lipinski definition) is 3. The molecule has 0 atom stereocenters. The first-order chi connectivity index (χ1) is 9.25. The van der Waals surface area contributed by atoms with E-state index in [0.717, 1.165) is 5.57 Å². The molecule has 5 heteroatoms. The van der Waals surface area contributed by atoms with Gasteiger partial charge in [0.25, 0.3) is 0 Å². The minimum Gasteiger partial charge on any atom is -0.447 e. The fourth-order valence-corrected chi connectivity index (χ4v) is 2.33. The Balaban J connectivity index is 1.89. The fraction of sp³-hybridized carbons (Fsp3) is 0.357. The van der Waals surface area contributed by atoms with Crippen LogP contribution >= 0.6 is 0 Å². The van der Waals surface area contributed by atoms with E-state index in [2.05, 4.69) is 0 Å². The molecule has 0 aromatic heterocycles. The van der Waals surface area contributed by atoms with Crippen molar-refractivity contribution in [1.29, 1.82) is 0 Å². The Hall–Kier alpha value is -1.88. The number of benzene rings is 1. The molecule has 2 aliphatic rings. The number of ether oxygens (including phenoxy) is 2. The number of nitrogens with zero attached hydrogens (tertiary/aromatic N) is 1. The van der Waals surface area contributed by atoms with Crippen molar-refractivity contribution in [2.45, 2.75) is 6.42 Å². The van der Waals surface area contributed by atoms with E-state index in [-0.39, 0.29) is 5.82 Å². The van der Waals surface area contributed by atoms with Crippen molar-refractivity contribution in [3.8, 4) is 0 Å². The van der Waals surface area contributed by atoms with Crippen LogP contribution in [0.2, 0.25) is 0 Å². The number of halogens is 1. The minimum atomic E-state index is -0.419. The molecule has 0 saturated carbocycles. The van der Waals surface area contributed by atoms with Crippen molar-refractivity contribution in [2.75, 3.05) is 31.3 Å². The molecular weight excluding hydrogens is 249 g/mol.